The second kappa shape index (κ2) is 8.93. The van der Waals surface area contributed by atoms with Gasteiger partial charge in [-0.05, 0) is 19.3 Å². The second-order valence-electron chi connectivity index (χ2n) is 4.71. The maximum absolute atomic E-state index is 12.5. The van der Waals surface area contributed by atoms with Crippen LogP contribution < -0.4 is 0 Å². The molecule has 0 unspecified atom stereocenters. The average Bonchev–Trinajstić information content (AvgIpc) is 2.37. The van der Waals surface area contributed by atoms with E-state index in [2.05, 4.69) is 6.07 Å². The van der Waals surface area contributed by atoms with Crippen molar-refractivity contribution in [2.24, 2.45) is 5.41 Å². The SMILES string of the molecule is CCCN(CCO)C(=O)C(C#N)(CCC)CCC. The third kappa shape index (κ3) is 4.30. The highest BCUT2D eigenvalue weighted by molar-refractivity contribution is 5.85. The molecule has 0 fully saturated rings. The van der Waals surface area contributed by atoms with Gasteiger partial charge < -0.3 is 10.0 Å². The number of carbonyl (C=O) groups excluding carboxylic acids is 1. The largest absolute Gasteiger partial charge is 0.395 e. The molecule has 4 heteroatoms. The predicted molar refractivity (Wildman–Crippen MR) is 71.8 cm³/mol. The van der Waals surface area contributed by atoms with Gasteiger partial charge in [-0.3, -0.25) is 4.79 Å². The van der Waals surface area contributed by atoms with E-state index in [4.69, 9.17) is 5.11 Å². The third-order valence-electron chi connectivity index (χ3n) is 3.13. The number of aliphatic hydroxyl groups excluding tert-OH is 1. The fourth-order valence-corrected chi connectivity index (χ4v) is 2.36. The minimum Gasteiger partial charge on any atom is -0.395 e. The lowest BCUT2D eigenvalue weighted by Gasteiger charge is -2.32. The summed E-state index contributed by atoms with van der Waals surface area (Å²) in [5, 5.41) is 18.5. The Kier molecular flexibility index (Phi) is 8.40. The van der Waals surface area contributed by atoms with E-state index in [9.17, 15) is 10.1 Å². The molecule has 1 N–H and O–H groups in total. The summed E-state index contributed by atoms with van der Waals surface area (Å²) >= 11 is 0. The van der Waals surface area contributed by atoms with E-state index in [1.807, 2.05) is 20.8 Å². The Morgan fingerprint density at radius 1 is 1.17 bits per heavy atom. The van der Waals surface area contributed by atoms with Gasteiger partial charge in [0.2, 0.25) is 5.91 Å². The van der Waals surface area contributed by atoms with Crippen LogP contribution in [-0.4, -0.2) is 35.6 Å². The van der Waals surface area contributed by atoms with E-state index >= 15 is 0 Å². The van der Waals surface area contributed by atoms with Gasteiger partial charge in [-0.25, -0.2) is 0 Å². The standard InChI is InChI=1S/C14H26N2O2/c1-4-7-14(12-15,8-5-2)13(18)16(9-6-3)10-11-17/h17H,4-11H2,1-3H3. The van der Waals surface area contributed by atoms with Crippen molar-refractivity contribution in [2.45, 2.75) is 52.9 Å². The van der Waals surface area contributed by atoms with Crippen LogP contribution in [0, 0.1) is 16.7 Å². The van der Waals surface area contributed by atoms with Gasteiger partial charge in [-0.2, -0.15) is 5.26 Å². The summed E-state index contributed by atoms with van der Waals surface area (Å²) in [6.45, 7) is 6.85. The van der Waals surface area contributed by atoms with Gasteiger partial charge in [0.1, 0.15) is 5.41 Å². The Balaban J connectivity index is 5.06. The molecular formula is C14H26N2O2. The molecule has 0 aliphatic carbocycles. The molecular weight excluding hydrogens is 228 g/mol. The molecule has 0 bridgehead atoms. The molecule has 0 aliphatic rings. The van der Waals surface area contributed by atoms with Gasteiger partial charge in [0.05, 0.1) is 12.7 Å². The van der Waals surface area contributed by atoms with Gasteiger partial charge in [0, 0.05) is 13.1 Å². The van der Waals surface area contributed by atoms with Crippen molar-refractivity contribution in [1.82, 2.24) is 4.90 Å². The Hall–Kier alpha value is -1.08. The number of nitriles is 1. The van der Waals surface area contributed by atoms with Gasteiger partial charge in [-0.15, -0.1) is 0 Å². The first kappa shape index (κ1) is 16.9. The van der Waals surface area contributed by atoms with Crippen LogP contribution >= 0.6 is 0 Å². The maximum Gasteiger partial charge on any atom is 0.243 e. The molecule has 0 aromatic heterocycles. The van der Waals surface area contributed by atoms with Crippen LogP contribution in [0.5, 0.6) is 0 Å². The lowest BCUT2D eigenvalue weighted by Crippen LogP contribution is -2.45. The van der Waals surface area contributed by atoms with Crippen LogP contribution in [0.1, 0.15) is 52.9 Å². The van der Waals surface area contributed by atoms with Crippen LogP contribution in [0.15, 0.2) is 0 Å². The number of amides is 1. The fraction of sp³-hybridized carbons (Fsp3) is 0.857. The lowest BCUT2D eigenvalue weighted by atomic mass is 9.79. The van der Waals surface area contributed by atoms with Crippen molar-refractivity contribution in [3.05, 3.63) is 0 Å². The van der Waals surface area contributed by atoms with Crippen molar-refractivity contribution < 1.29 is 9.90 Å². The molecule has 0 aliphatic heterocycles. The van der Waals surface area contributed by atoms with Crippen LogP contribution in [-0.2, 0) is 4.79 Å². The summed E-state index contributed by atoms with van der Waals surface area (Å²) in [5.41, 5.74) is -0.895. The number of aliphatic hydroxyl groups is 1. The van der Waals surface area contributed by atoms with Crippen molar-refractivity contribution in [2.75, 3.05) is 19.7 Å². The van der Waals surface area contributed by atoms with Crippen molar-refractivity contribution in [3.63, 3.8) is 0 Å². The van der Waals surface area contributed by atoms with E-state index in [-0.39, 0.29) is 12.5 Å². The Labute approximate surface area is 111 Å². The number of hydrogen-bond acceptors (Lipinski definition) is 3. The first-order valence-corrected chi connectivity index (χ1v) is 6.93. The molecule has 1 amide bonds. The molecule has 0 atom stereocenters. The fourth-order valence-electron chi connectivity index (χ4n) is 2.36. The van der Waals surface area contributed by atoms with Gasteiger partial charge >= 0.3 is 0 Å². The van der Waals surface area contributed by atoms with Gasteiger partial charge in [-0.1, -0.05) is 33.6 Å². The number of nitrogens with zero attached hydrogens (tertiary/aromatic N) is 2. The van der Waals surface area contributed by atoms with Crippen molar-refractivity contribution in [1.29, 1.82) is 5.26 Å². The van der Waals surface area contributed by atoms with Crippen molar-refractivity contribution >= 4 is 5.91 Å². The Bertz CT molecular complexity index is 272. The molecule has 104 valence electrons. The van der Waals surface area contributed by atoms with Crippen LogP contribution in [0.25, 0.3) is 0 Å². The topological polar surface area (TPSA) is 64.3 Å². The van der Waals surface area contributed by atoms with E-state index < -0.39 is 5.41 Å². The summed E-state index contributed by atoms with van der Waals surface area (Å²) in [4.78, 5) is 14.2. The summed E-state index contributed by atoms with van der Waals surface area (Å²) in [6.07, 6.45) is 3.67. The number of carbonyl (C=O) groups is 1. The molecule has 4 nitrogen and oxygen atoms in total. The third-order valence-corrected chi connectivity index (χ3v) is 3.13. The van der Waals surface area contributed by atoms with E-state index in [1.54, 1.807) is 4.90 Å². The zero-order valence-electron chi connectivity index (χ0n) is 11.9. The molecule has 0 aromatic rings. The quantitative estimate of drug-likeness (QED) is 0.687. The molecule has 0 saturated carbocycles. The summed E-state index contributed by atoms with van der Waals surface area (Å²) in [6, 6.07) is 2.24. The first-order valence-electron chi connectivity index (χ1n) is 6.93. The van der Waals surface area contributed by atoms with Gasteiger partial charge in [0.25, 0.3) is 0 Å². The normalized spacial score (nSPS) is 11.1. The highest BCUT2D eigenvalue weighted by Gasteiger charge is 2.39. The minimum absolute atomic E-state index is 0.0501. The highest BCUT2D eigenvalue weighted by atomic mass is 16.3. The summed E-state index contributed by atoms with van der Waals surface area (Å²) in [5.74, 6) is -0.107. The molecule has 18 heavy (non-hydrogen) atoms. The first-order chi connectivity index (χ1) is 8.61. The molecule has 0 radical (unpaired) electrons. The van der Waals surface area contributed by atoms with Gasteiger partial charge in [0.15, 0.2) is 0 Å². The molecule has 0 aromatic carbocycles. The highest BCUT2D eigenvalue weighted by Crippen LogP contribution is 2.31. The number of rotatable bonds is 9. The summed E-state index contributed by atoms with van der Waals surface area (Å²) < 4.78 is 0. The van der Waals surface area contributed by atoms with E-state index in [0.717, 1.165) is 19.3 Å². The second-order valence-corrected chi connectivity index (χ2v) is 4.71. The summed E-state index contributed by atoms with van der Waals surface area (Å²) in [7, 11) is 0. The minimum atomic E-state index is -0.895. The smallest absolute Gasteiger partial charge is 0.243 e. The zero-order chi connectivity index (χ0) is 14.0. The van der Waals surface area contributed by atoms with Crippen LogP contribution in [0.4, 0.5) is 0 Å². The predicted octanol–water partition coefficient (Wildman–Crippen LogP) is 2.33. The lowest BCUT2D eigenvalue weighted by molar-refractivity contribution is -0.140. The Morgan fingerprint density at radius 3 is 2.06 bits per heavy atom. The molecule has 0 rings (SSSR count). The average molecular weight is 254 g/mol. The van der Waals surface area contributed by atoms with E-state index in [1.165, 1.54) is 0 Å². The number of hydrogen-bond donors (Lipinski definition) is 1. The Morgan fingerprint density at radius 2 is 1.72 bits per heavy atom. The van der Waals surface area contributed by atoms with Crippen LogP contribution in [0.3, 0.4) is 0 Å². The maximum atomic E-state index is 12.5. The van der Waals surface area contributed by atoms with E-state index in [0.29, 0.717) is 25.9 Å². The molecule has 0 heterocycles. The monoisotopic (exact) mass is 254 g/mol. The molecule has 0 saturated heterocycles. The zero-order valence-corrected chi connectivity index (χ0v) is 11.9. The molecule has 0 spiro atoms. The van der Waals surface area contributed by atoms with Crippen LogP contribution in [0.2, 0.25) is 0 Å². The van der Waals surface area contributed by atoms with Crippen molar-refractivity contribution in [3.8, 4) is 6.07 Å².